The normalized spacial score (nSPS) is 12.1. The number of carbonyl (C=O) groups excluding carboxylic acids is 1. The lowest BCUT2D eigenvalue weighted by atomic mass is 9.98. The second kappa shape index (κ2) is 13.1. The molecule has 6 nitrogen and oxygen atoms in total. The molecule has 3 rings (SSSR count). The number of carboxylic acids is 1. The number of imidazole rings is 1. The molecule has 0 bridgehead atoms. The highest BCUT2D eigenvalue weighted by atomic mass is 35.5. The molecule has 9 heteroatoms. The van der Waals surface area contributed by atoms with Crippen molar-refractivity contribution in [2.24, 2.45) is 11.8 Å². The van der Waals surface area contributed by atoms with Crippen LogP contribution in [-0.4, -0.2) is 32.3 Å². The minimum Gasteiger partial charge on any atom is -0.478 e. The Balaban J connectivity index is 1.89. The molecule has 1 amide bonds. The second-order valence-electron chi connectivity index (χ2n) is 9.49. The summed E-state index contributed by atoms with van der Waals surface area (Å²) in [4.78, 5) is 28.9. The van der Waals surface area contributed by atoms with E-state index in [0.29, 0.717) is 46.3 Å². The Hall–Kier alpha value is -2.84. The van der Waals surface area contributed by atoms with E-state index in [2.05, 4.69) is 36.8 Å². The molecule has 0 aliphatic rings. The van der Waals surface area contributed by atoms with Gasteiger partial charge in [-0.15, -0.1) is 0 Å². The van der Waals surface area contributed by atoms with E-state index in [-0.39, 0.29) is 35.6 Å². The number of hydrogen-bond acceptors (Lipinski definition) is 4. The quantitative estimate of drug-likeness (QED) is 0.235. The van der Waals surface area contributed by atoms with Crippen LogP contribution < -0.4 is 5.32 Å². The molecular weight excluding hydrogens is 513 g/mol. The van der Waals surface area contributed by atoms with Crippen LogP contribution in [0.1, 0.15) is 61.1 Å². The summed E-state index contributed by atoms with van der Waals surface area (Å²) in [5.74, 6) is -0.333. The molecular formula is C28H33ClFN3O3S. The fourth-order valence-electron chi connectivity index (χ4n) is 4.36. The van der Waals surface area contributed by atoms with E-state index in [1.54, 1.807) is 30.3 Å². The number of aromatic carboxylic acids is 1. The van der Waals surface area contributed by atoms with E-state index in [0.717, 1.165) is 12.8 Å². The number of carbonyl (C=O) groups is 2. The Bertz CT molecular complexity index is 1260. The Morgan fingerprint density at radius 3 is 2.57 bits per heavy atom. The average molecular weight is 546 g/mol. The first-order valence-electron chi connectivity index (χ1n) is 12.4. The van der Waals surface area contributed by atoms with E-state index >= 15 is 4.39 Å². The van der Waals surface area contributed by atoms with Crippen LogP contribution in [0.5, 0.6) is 0 Å². The average Bonchev–Trinajstić information content (AvgIpc) is 3.15. The lowest BCUT2D eigenvalue weighted by Crippen LogP contribution is -2.33. The van der Waals surface area contributed by atoms with Gasteiger partial charge in [0.2, 0.25) is 5.91 Å². The Morgan fingerprint density at radius 2 is 1.95 bits per heavy atom. The number of benzene rings is 2. The molecule has 37 heavy (non-hydrogen) atoms. The van der Waals surface area contributed by atoms with Crippen molar-refractivity contribution in [1.29, 1.82) is 0 Å². The molecule has 1 heterocycles. The zero-order chi connectivity index (χ0) is 27.1. The van der Waals surface area contributed by atoms with Crippen LogP contribution in [0.2, 0.25) is 5.15 Å². The first kappa shape index (κ1) is 28.7. The lowest BCUT2D eigenvalue weighted by molar-refractivity contribution is -0.124. The number of rotatable bonds is 12. The van der Waals surface area contributed by atoms with Crippen molar-refractivity contribution < 1.29 is 19.1 Å². The number of aryl methyl sites for hydroxylation is 1. The standard InChI is InChI=1S/C28H33ClFN3O3S/c1-4-7-25-32-26(29)24(14-31-27(34)20(16-37)12-17(2)3)33(25)15-19-11-10-18(13-23(19)30)21-8-5-6-9-22(21)28(35)36/h5-6,8-11,13,17,20,37H,4,7,12,14-16H2,1-3H3,(H,31,34)(H,35,36). The Kier molecular flexibility index (Phi) is 10.2. The van der Waals surface area contributed by atoms with Gasteiger partial charge in [0.25, 0.3) is 0 Å². The monoisotopic (exact) mass is 545 g/mol. The smallest absolute Gasteiger partial charge is 0.336 e. The SMILES string of the molecule is CCCc1nc(Cl)c(CNC(=O)C(CS)CC(C)C)n1Cc1ccc(-c2ccccc2C(=O)O)cc1F. The third-order valence-electron chi connectivity index (χ3n) is 6.20. The van der Waals surface area contributed by atoms with Gasteiger partial charge in [-0.25, -0.2) is 14.2 Å². The van der Waals surface area contributed by atoms with E-state index < -0.39 is 11.8 Å². The predicted molar refractivity (Wildman–Crippen MR) is 148 cm³/mol. The van der Waals surface area contributed by atoms with Crippen molar-refractivity contribution in [2.75, 3.05) is 5.75 Å². The molecule has 0 radical (unpaired) electrons. The van der Waals surface area contributed by atoms with Crippen LogP contribution in [0.4, 0.5) is 4.39 Å². The van der Waals surface area contributed by atoms with Gasteiger partial charge in [0.15, 0.2) is 5.15 Å². The molecule has 0 saturated carbocycles. The second-order valence-corrected chi connectivity index (χ2v) is 10.2. The molecule has 0 aliphatic heterocycles. The highest BCUT2D eigenvalue weighted by Gasteiger charge is 2.22. The van der Waals surface area contributed by atoms with Crippen molar-refractivity contribution in [3.63, 3.8) is 0 Å². The number of carboxylic acid groups (broad SMARTS) is 1. The number of hydrogen-bond donors (Lipinski definition) is 3. The minimum absolute atomic E-state index is 0.0998. The zero-order valence-corrected chi connectivity index (χ0v) is 23.0. The van der Waals surface area contributed by atoms with Crippen LogP contribution >= 0.6 is 24.2 Å². The number of thiol groups is 1. The van der Waals surface area contributed by atoms with Gasteiger partial charge in [-0.2, -0.15) is 12.6 Å². The summed E-state index contributed by atoms with van der Waals surface area (Å²) in [5, 5.41) is 12.7. The first-order chi connectivity index (χ1) is 17.7. The van der Waals surface area contributed by atoms with Gasteiger partial charge in [-0.1, -0.05) is 62.7 Å². The first-order valence-corrected chi connectivity index (χ1v) is 13.4. The Morgan fingerprint density at radius 1 is 1.22 bits per heavy atom. The summed E-state index contributed by atoms with van der Waals surface area (Å²) >= 11 is 10.8. The van der Waals surface area contributed by atoms with Crippen LogP contribution in [0, 0.1) is 17.7 Å². The number of nitrogens with zero attached hydrogens (tertiary/aromatic N) is 2. The highest BCUT2D eigenvalue weighted by Crippen LogP contribution is 2.27. The minimum atomic E-state index is -1.07. The molecule has 2 N–H and O–H groups in total. The van der Waals surface area contributed by atoms with Crippen molar-refractivity contribution in [1.82, 2.24) is 14.9 Å². The van der Waals surface area contributed by atoms with E-state index in [1.165, 1.54) is 12.1 Å². The van der Waals surface area contributed by atoms with Crippen molar-refractivity contribution in [3.05, 3.63) is 76.1 Å². The summed E-state index contributed by atoms with van der Waals surface area (Å²) in [5.41, 5.74) is 2.05. The molecule has 0 spiro atoms. The fourth-order valence-corrected chi connectivity index (χ4v) is 4.94. The molecule has 0 saturated heterocycles. The van der Waals surface area contributed by atoms with Gasteiger partial charge in [-0.05, 0) is 42.0 Å². The topological polar surface area (TPSA) is 84.2 Å². The molecule has 1 aromatic heterocycles. The summed E-state index contributed by atoms with van der Waals surface area (Å²) in [7, 11) is 0. The maximum absolute atomic E-state index is 15.3. The fraction of sp³-hybridized carbons (Fsp3) is 0.393. The van der Waals surface area contributed by atoms with Crippen molar-refractivity contribution >= 4 is 36.1 Å². The molecule has 198 valence electrons. The van der Waals surface area contributed by atoms with Gasteiger partial charge in [0, 0.05) is 23.7 Å². The summed E-state index contributed by atoms with van der Waals surface area (Å²) in [6, 6.07) is 11.2. The number of amides is 1. The van der Waals surface area contributed by atoms with Crippen LogP contribution in [-0.2, 0) is 24.3 Å². The maximum Gasteiger partial charge on any atom is 0.336 e. The molecule has 0 fully saturated rings. The molecule has 0 aliphatic carbocycles. The van der Waals surface area contributed by atoms with Gasteiger partial charge in [-0.3, -0.25) is 4.79 Å². The lowest BCUT2D eigenvalue weighted by Gasteiger charge is -2.18. The number of halogens is 2. The van der Waals surface area contributed by atoms with Gasteiger partial charge < -0.3 is 15.0 Å². The van der Waals surface area contributed by atoms with Gasteiger partial charge in [0.1, 0.15) is 11.6 Å². The van der Waals surface area contributed by atoms with Crippen molar-refractivity contribution in [3.8, 4) is 11.1 Å². The highest BCUT2D eigenvalue weighted by molar-refractivity contribution is 7.80. The molecule has 3 aromatic rings. The summed E-state index contributed by atoms with van der Waals surface area (Å²) in [6.45, 7) is 6.49. The number of nitrogens with one attached hydrogen (secondary N) is 1. The van der Waals surface area contributed by atoms with Crippen LogP contribution in [0.3, 0.4) is 0 Å². The van der Waals surface area contributed by atoms with Crippen molar-refractivity contribution in [2.45, 2.75) is 53.1 Å². The van der Waals surface area contributed by atoms with Gasteiger partial charge >= 0.3 is 5.97 Å². The van der Waals surface area contributed by atoms with Crippen LogP contribution in [0.25, 0.3) is 11.1 Å². The van der Waals surface area contributed by atoms with E-state index in [4.69, 9.17) is 11.6 Å². The zero-order valence-electron chi connectivity index (χ0n) is 21.3. The molecule has 1 atom stereocenters. The third-order valence-corrected chi connectivity index (χ3v) is 6.95. The maximum atomic E-state index is 15.3. The molecule has 1 unspecified atom stereocenters. The summed E-state index contributed by atoms with van der Waals surface area (Å²) < 4.78 is 17.2. The predicted octanol–water partition coefficient (Wildman–Crippen LogP) is 6.25. The van der Waals surface area contributed by atoms with Gasteiger partial charge in [0.05, 0.1) is 24.3 Å². The van der Waals surface area contributed by atoms with E-state index in [9.17, 15) is 14.7 Å². The number of aromatic nitrogens is 2. The Labute approximate surface area is 227 Å². The van der Waals surface area contributed by atoms with Crippen LogP contribution in [0.15, 0.2) is 42.5 Å². The third kappa shape index (κ3) is 7.14. The largest absolute Gasteiger partial charge is 0.478 e. The van der Waals surface area contributed by atoms with E-state index in [1.807, 2.05) is 11.5 Å². The summed E-state index contributed by atoms with van der Waals surface area (Å²) in [6.07, 6.45) is 2.20. The molecule has 2 aromatic carbocycles.